The summed E-state index contributed by atoms with van der Waals surface area (Å²) in [5.74, 6) is 0.324. The number of halogens is 1. The van der Waals surface area contributed by atoms with Crippen molar-refractivity contribution in [3.8, 4) is 22.4 Å². The lowest BCUT2D eigenvalue weighted by molar-refractivity contribution is 0.269. The third-order valence-corrected chi connectivity index (χ3v) is 5.64. The molecule has 164 valence electrons. The van der Waals surface area contributed by atoms with Crippen LogP contribution >= 0.6 is 11.6 Å². The highest BCUT2D eigenvalue weighted by Gasteiger charge is 2.20. The number of benzene rings is 2. The van der Waals surface area contributed by atoms with E-state index in [9.17, 15) is 8.42 Å². The molecule has 4 rings (SSSR count). The van der Waals surface area contributed by atoms with Crippen molar-refractivity contribution in [1.82, 2.24) is 19.7 Å². The molecule has 0 aliphatic carbocycles. The van der Waals surface area contributed by atoms with Crippen molar-refractivity contribution in [3.63, 3.8) is 0 Å². The Bertz CT molecular complexity index is 1330. The first-order chi connectivity index (χ1) is 15.3. The minimum atomic E-state index is -3.62. The minimum Gasteiger partial charge on any atom is -0.383 e. The number of rotatable bonds is 7. The zero-order valence-electron chi connectivity index (χ0n) is 17.1. The van der Waals surface area contributed by atoms with E-state index in [1.807, 2.05) is 42.5 Å². The molecule has 8 nitrogen and oxygen atoms in total. The van der Waals surface area contributed by atoms with Gasteiger partial charge in [-0.25, -0.2) is 9.97 Å². The molecule has 0 amide bonds. The lowest BCUT2D eigenvalue weighted by Gasteiger charge is -2.17. The van der Waals surface area contributed by atoms with E-state index >= 15 is 0 Å². The Labute approximate surface area is 190 Å². The number of nitrogens with zero attached hydrogens (tertiary/aromatic N) is 4. The van der Waals surface area contributed by atoms with Crippen LogP contribution < -0.4 is 5.73 Å². The maximum atomic E-state index is 11.6. The van der Waals surface area contributed by atoms with E-state index in [0.29, 0.717) is 27.7 Å². The summed E-state index contributed by atoms with van der Waals surface area (Å²) >= 11 is 6.02. The second-order valence-corrected chi connectivity index (χ2v) is 9.19. The van der Waals surface area contributed by atoms with Crippen LogP contribution in [0.2, 0.25) is 5.02 Å². The smallest absolute Gasteiger partial charge is 0.264 e. The van der Waals surface area contributed by atoms with E-state index in [0.717, 1.165) is 17.4 Å². The molecule has 10 heteroatoms. The van der Waals surface area contributed by atoms with E-state index in [1.165, 1.54) is 6.33 Å². The summed E-state index contributed by atoms with van der Waals surface area (Å²) in [6.07, 6.45) is 5.84. The molecule has 0 aliphatic rings. The van der Waals surface area contributed by atoms with Crippen LogP contribution in [-0.4, -0.2) is 41.0 Å². The Balaban J connectivity index is 1.76. The molecule has 4 aromatic rings. The summed E-state index contributed by atoms with van der Waals surface area (Å²) in [7, 11) is -3.62. The first-order valence-electron chi connectivity index (χ1n) is 9.62. The molecule has 2 aromatic heterocycles. The SMILES string of the molecule is CS(=O)(=O)OCC(c1ccccc1)n1cc(-c2ncnc(N)c2-c2ccc(Cl)cc2)cn1. The zero-order valence-corrected chi connectivity index (χ0v) is 18.7. The molecule has 2 N–H and O–H groups in total. The molecule has 0 bridgehead atoms. The van der Waals surface area contributed by atoms with Gasteiger partial charge in [0.05, 0.1) is 30.3 Å². The van der Waals surface area contributed by atoms with Crippen molar-refractivity contribution >= 4 is 27.5 Å². The van der Waals surface area contributed by atoms with Crippen molar-refractivity contribution in [3.05, 3.63) is 83.9 Å². The monoisotopic (exact) mass is 469 g/mol. The van der Waals surface area contributed by atoms with Crippen molar-refractivity contribution < 1.29 is 12.6 Å². The van der Waals surface area contributed by atoms with Crippen molar-refractivity contribution in [1.29, 1.82) is 0 Å². The molecule has 2 aromatic carbocycles. The molecule has 0 saturated heterocycles. The number of hydrogen-bond donors (Lipinski definition) is 1. The largest absolute Gasteiger partial charge is 0.383 e. The first kappa shape index (κ1) is 21.9. The molecule has 0 fully saturated rings. The zero-order chi connectivity index (χ0) is 22.7. The van der Waals surface area contributed by atoms with Gasteiger partial charge < -0.3 is 5.73 Å². The van der Waals surface area contributed by atoms with Gasteiger partial charge in [-0.3, -0.25) is 8.86 Å². The van der Waals surface area contributed by atoms with E-state index < -0.39 is 16.2 Å². The molecule has 0 aliphatic heterocycles. The molecule has 0 spiro atoms. The van der Waals surface area contributed by atoms with Crippen molar-refractivity contribution in [2.75, 3.05) is 18.6 Å². The fourth-order valence-corrected chi connectivity index (χ4v) is 3.84. The Hall–Kier alpha value is -3.27. The first-order valence-corrected chi connectivity index (χ1v) is 11.8. The van der Waals surface area contributed by atoms with Gasteiger partial charge in [0, 0.05) is 16.8 Å². The Morgan fingerprint density at radius 2 is 1.78 bits per heavy atom. The summed E-state index contributed by atoms with van der Waals surface area (Å²) in [5, 5.41) is 5.07. The topological polar surface area (TPSA) is 113 Å². The number of hydrogen-bond acceptors (Lipinski definition) is 7. The highest BCUT2D eigenvalue weighted by Crippen LogP contribution is 2.34. The summed E-state index contributed by atoms with van der Waals surface area (Å²) in [5.41, 5.74) is 9.81. The van der Waals surface area contributed by atoms with Crippen LogP contribution in [-0.2, 0) is 14.3 Å². The number of anilines is 1. The van der Waals surface area contributed by atoms with Gasteiger partial charge in [-0.05, 0) is 23.3 Å². The average molecular weight is 470 g/mol. The van der Waals surface area contributed by atoms with Gasteiger partial charge in [0.1, 0.15) is 18.2 Å². The summed E-state index contributed by atoms with van der Waals surface area (Å²) in [6, 6.07) is 16.2. The number of nitrogens with two attached hydrogens (primary N) is 1. The van der Waals surface area contributed by atoms with Crippen LogP contribution in [0.4, 0.5) is 5.82 Å². The fraction of sp³-hybridized carbons (Fsp3) is 0.136. The average Bonchev–Trinajstić information content (AvgIpc) is 3.24. The van der Waals surface area contributed by atoms with E-state index in [2.05, 4.69) is 15.1 Å². The van der Waals surface area contributed by atoms with Crippen LogP contribution in [0.15, 0.2) is 73.3 Å². The second kappa shape index (κ2) is 9.07. The maximum absolute atomic E-state index is 11.6. The molecule has 1 unspecified atom stereocenters. The maximum Gasteiger partial charge on any atom is 0.264 e. The fourth-order valence-electron chi connectivity index (χ4n) is 3.34. The van der Waals surface area contributed by atoms with Gasteiger partial charge in [0.2, 0.25) is 0 Å². The van der Waals surface area contributed by atoms with E-state index in [1.54, 1.807) is 29.2 Å². The summed E-state index contributed by atoms with van der Waals surface area (Å²) in [6.45, 7) is -0.0973. The van der Waals surface area contributed by atoms with Crippen LogP contribution in [0.5, 0.6) is 0 Å². The quantitative estimate of drug-likeness (QED) is 0.409. The molecule has 32 heavy (non-hydrogen) atoms. The standard InChI is InChI=1S/C22H20ClN5O3S/c1-32(29,30)31-13-19(15-5-3-2-4-6-15)28-12-17(11-27-28)21-20(22(24)26-14-25-21)16-7-9-18(23)10-8-16/h2-12,14,19H,13H2,1H3,(H2,24,25,26). The third-order valence-electron chi connectivity index (χ3n) is 4.83. The van der Waals surface area contributed by atoms with Crippen LogP contribution in [0.25, 0.3) is 22.4 Å². The van der Waals surface area contributed by atoms with Crippen LogP contribution in [0.1, 0.15) is 11.6 Å². The van der Waals surface area contributed by atoms with Gasteiger partial charge >= 0.3 is 0 Å². The predicted octanol–water partition coefficient (Wildman–Crippen LogP) is 3.81. The Kier molecular flexibility index (Phi) is 6.22. The molecule has 0 saturated carbocycles. The van der Waals surface area contributed by atoms with E-state index in [4.69, 9.17) is 21.5 Å². The van der Waals surface area contributed by atoms with E-state index in [-0.39, 0.29) is 6.61 Å². The summed E-state index contributed by atoms with van der Waals surface area (Å²) in [4.78, 5) is 8.56. The molecule has 0 radical (unpaired) electrons. The normalized spacial score (nSPS) is 12.6. The Morgan fingerprint density at radius 1 is 1.06 bits per heavy atom. The van der Waals surface area contributed by atoms with Crippen molar-refractivity contribution in [2.45, 2.75) is 6.04 Å². The molecule has 2 heterocycles. The van der Waals surface area contributed by atoms with Gasteiger partial charge in [0.15, 0.2) is 0 Å². The Morgan fingerprint density at radius 3 is 2.47 bits per heavy atom. The predicted molar refractivity (Wildman–Crippen MR) is 123 cm³/mol. The summed E-state index contributed by atoms with van der Waals surface area (Å²) < 4.78 is 29.9. The lowest BCUT2D eigenvalue weighted by Crippen LogP contribution is -2.19. The van der Waals surface area contributed by atoms with Gasteiger partial charge in [0.25, 0.3) is 10.1 Å². The van der Waals surface area contributed by atoms with Gasteiger partial charge in [-0.15, -0.1) is 0 Å². The second-order valence-electron chi connectivity index (χ2n) is 7.11. The minimum absolute atomic E-state index is 0.0973. The van der Waals surface area contributed by atoms with Crippen LogP contribution in [0, 0.1) is 0 Å². The van der Waals surface area contributed by atoms with Gasteiger partial charge in [-0.1, -0.05) is 54.1 Å². The number of nitrogen functional groups attached to an aromatic ring is 1. The highest BCUT2D eigenvalue weighted by molar-refractivity contribution is 7.85. The highest BCUT2D eigenvalue weighted by atomic mass is 35.5. The number of aromatic nitrogens is 4. The molecular weight excluding hydrogens is 450 g/mol. The van der Waals surface area contributed by atoms with Gasteiger partial charge in [-0.2, -0.15) is 13.5 Å². The van der Waals surface area contributed by atoms with Crippen molar-refractivity contribution in [2.24, 2.45) is 0 Å². The lowest BCUT2D eigenvalue weighted by atomic mass is 10.0. The third kappa shape index (κ3) is 4.96. The van der Waals surface area contributed by atoms with Crippen LogP contribution in [0.3, 0.4) is 0 Å². The molecular formula is C22H20ClN5O3S. The molecule has 1 atom stereocenters.